The lowest BCUT2D eigenvalue weighted by molar-refractivity contribution is -0.120. The predicted octanol–water partition coefficient (Wildman–Crippen LogP) is 1.52. The first kappa shape index (κ1) is 13.8. The number of nitrogens with zero attached hydrogens (tertiary/aromatic N) is 2. The first-order valence-corrected chi connectivity index (χ1v) is 6.91. The van der Waals surface area contributed by atoms with Gasteiger partial charge in [0.15, 0.2) is 0 Å². The van der Waals surface area contributed by atoms with Gasteiger partial charge in [-0.05, 0) is 12.3 Å². The molecule has 94 valence electrons. The summed E-state index contributed by atoms with van der Waals surface area (Å²) in [6, 6.07) is 3.87. The fourth-order valence-electron chi connectivity index (χ4n) is 1.45. The lowest BCUT2D eigenvalue weighted by Crippen LogP contribution is -2.24. The maximum atomic E-state index is 11.5. The highest BCUT2D eigenvalue weighted by Crippen LogP contribution is 2.13. The Morgan fingerprint density at radius 1 is 1.53 bits per heavy atom. The van der Waals surface area contributed by atoms with Crippen LogP contribution in [-0.4, -0.2) is 37.0 Å². The molecule has 4 nitrogen and oxygen atoms in total. The maximum absolute atomic E-state index is 11.5. The SMILES string of the molecule is CSCCC(=O)NCc1cccnc1N(C)C. The molecule has 1 N–H and O–H groups in total. The maximum Gasteiger partial charge on any atom is 0.221 e. The van der Waals surface area contributed by atoms with E-state index in [1.54, 1.807) is 18.0 Å². The van der Waals surface area contributed by atoms with E-state index in [1.807, 2.05) is 37.4 Å². The third-order valence-electron chi connectivity index (χ3n) is 2.30. The minimum Gasteiger partial charge on any atom is -0.362 e. The van der Waals surface area contributed by atoms with Crippen LogP contribution in [0.5, 0.6) is 0 Å². The number of carbonyl (C=O) groups excluding carboxylic acids is 1. The average molecular weight is 253 g/mol. The molecule has 0 bridgehead atoms. The van der Waals surface area contributed by atoms with E-state index in [4.69, 9.17) is 0 Å². The van der Waals surface area contributed by atoms with E-state index in [9.17, 15) is 4.79 Å². The number of pyridine rings is 1. The van der Waals surface area contributed by atoms with Crippen LogP contribution < -0.4 is 10.2 Å². The Hall–Kier alpha value is -1.23. The second-order valence-electron chi connectivity index (χ2n) is 3.90. The van der Waals surface area contributed by atoms with Crippen LogP contribution in [0.15, 0.2) is 18.3 Å². The molecule has 0 aromatic carbocycles. The zero-order valence-electron chi connectivity index (χ0n) is 10.6. The fourth-order valence-corrected chi connectivity index (χ4v) is 1.84. The van der Waals surface area contributed by atoms with Crippen molar-refractivity contribution in [3.63, 3.8) is 0 Å². The Labute approximate surface area is 107 Å². The summed E-state index contributed by atoms with van der Waals surface area (Å²) in [5, 5.41) is 2.91. The van der Waals surface area contributed by atoms with Gasteiger partial charge in [0.1, 0.15) is 5.82 Å². The normalized spacial score (nSPS) is 10.1. The fraction of sp³-hybridized carbons (Fsp3) is 0.500. The molecular formula is C12H19N3OS. The van der Waals surface area contributed by atoms with Crippen LogP contribution in [0.3, 0.4) is 0 Å². The smallest absolute Gasteiger partial charge is 0.221 e. The number of anilines is 1. The topological polar surface area (TPSA) is 45.2 Å². The number of hydrogen-bond donors (Lipinski definition) is 1. The second-order valence-corrected chi connectivity index (χ2v) is 4.89. The Bertz CT molecular complexity index is 369. The second kappa shape index (κ2) is 7.17. The van der Waals surface area contributed by atoms with Gasteiger partial charge >= 0.3 is 0 Å². The minimum atomic E-state index is 0.0907. The Kier molecular flexibility index (Phi) is 5.83. The van der Waals surface area contributed by atoms with Crippen molar-refractivity contribution in [1.82, 2.24) is 10.3 Å². The van der Waals surface area contributed by atoms with E-state index in [0.717, 1.165) is 17.1 Å². The summed E-state index contributed by atoms with van der Waals surface area (Å²) < 4.78 is 0. The van der Waals surface area contributed by atoms with Crippen LogP contribution >= 0.6 is 11.8 Å². The molecule has 0 fully saturated rings. The molecule has 1 rings (SSSR count). The third kappa shape index (κ3) is 4.65. The van der Waals surface area contributed by atoms with Crippen molar-refractivity contribution in [2.24, 2.45) is 0 Å². The molecule has 0 saturated heterocycles. The van der Waals surface area contributed by atoms with Gasteiger partial charge in [-0.15, -0.1) is 0 Å². The van der Waals surface area contributed by atoms with Gasteiger partial charge < -0.3 is 10.2 Å². The number of carbonyl (C=O) groups is 1. The summed E-state index contributed by atoms with van der Waals surface area (Å²) in [6.07, 6.45) is 4.33. The van der Waals surface area contributed by atoms with Crippen molar-refractivity contribution in [2.45, 2.75) is 13.0 Å². The van der Waals surface area contributed by atoms with Gasteiger partial charge in [-0.25, -0.2) is 4.98 Å². The summed E-state index contributed by atoms with van der Waals surface area (Å²) in [5.41, 5.74) is 1.04. The summed E-state index contributed by atoms with van der Waals surface area (Å²) in [7, 11) is 3.89. The van der Waals surface area contributed by atoms with Gasteiger partial charge in [-0.2, -0.15) is 11.8 Å². The Morgan fingerprint density at radius 3 is 2.94 bits per heavy atom. The number of aromatic nitrogens is 1. The van der Waals surface area contributed by atoms with E-state index in [0.29, 0.717) is 13.0 Å². The number of nitrogens with one attached hydrogen (secondary N) is 1. The van der Waals surface area contributed by atoms with E-state index in [1.165, 1.54) is 0 Å². The number of rotatable bonds is 6. The number of amides is 1. The van der Waals surface area contributed by atoms with Gasteiger partial charge in [0.2, 0.25) is 5.91 Å². The highest BCUT2D eigenvalue weighted by Gasteiger charge is 2.06. The molecule has 17 heavy (non-hydrogen) atoms. The van der Waals surface area contributed by atoms with Crippen LogP contribution in [0.4, 0.5) is 5.82 Å². The molecule has 0 aliphatic heterocycles. The monoisotopic (exact) mass is 253 g/mol. The molecule has 0 aliphatic carbocycles. The molecule has 1 heterocycles. The zero-order valence-corrected chi connectivity index (χ0v) is 11.4. The first-order chi connectivity index (χ1) is 8.15. The molecule has 0 unspecified atom stereocenters. The highest BCUT2D eigenvalue weighted by molar-refractivity contribution is 7.98. The third-order valence-corrected chi connectivity index (χ3v) is 2.91. The zero-order chi connectivity index (χ0) is 12.7. The molecule has 1 aromatic heterocycles. The van der Waals surface area contributed by atoms with E-state index < -0.39 is 0 Å². The molecule has 0 aliphatic rings. The Morgan fingerprint density at radius 2 is 2.29 bits per heavy atom. The summed E-state index contributed by atoms with van der Waals surface area (Å²) in [5.74, 6) is 1.85. The van der Waals surface area contributed by atoms with Crippen LogP contribution in [0.2, 0.25) is 0 Å². The summed E-state index contributed by atoms with van der Waals surface area (Å²) >= 11 is 1.68. The number of thioether (sulfide) groups is 1. The van der Waals surface area contributed by atoms with Gasteiger partial charge in [0, 0.05) is 44.6 Å². The molecule has 1 amide bonds. The van der Waals surface area contributed by atoms with Gasteiger partial charge in [-0.1, -0.05) is 6.07 Å². The molecule has 0 atom stereocenters. The lowest BCUT2D eigenvalue weighted by atomic mass is 10.2. The largest absolute Gasteiger partial charge is 0.362 e. The van der Waals surface area contributed by atoms with Crippen molar-refractivity contribution >= 4 is 23.5 Å². The molecule has 0 spiro atoms. The van der Waals surface area contributed by atoms with Crippen molar-refractivity contribution < 1.29 is 4.79 Å². The average Bonchev–Trinajstić information content (AvgIpc) is 2.34. The van der Waals surface area contributed by atoms with E-state index in [-0.39, 0.29) is 5.91 Å². The van der Waals surface area contributed by atoms with Crippen molar-refractivity contribution in [2.75, 3.05) is 31.0 Å². The molecular weight excluding hydrogens is 234 g/mol. The molecule has 0 saturated carbocycles. The van der Waals surface area contributed by atoms with Crippen molar-refractivity contribution in [3.05, 3.63) is 23.9 Å². The predicted molar refractivity (Wildman–Crippen MR) is 73.4 cm³/mol. The van der Waals surface area contributed by atoms with Crippen molar-refractivity contribution in [1.29, 1.82) is 0 Å². The standard InChI is InChI=1S/C12H19N3OS/c1-15(2)12-10(5-4-7-13-12)9-14-11(16)6-8-17-3/h4-5,7H,6,8-9H2,1-3H3,(H,14,16). The minimum absolute atomic E-state index is 0.0907. The van der Waals surface area contributed by atoms with Crippen LogP contribution in [0, 0.1) is 0 Å². The van der Waals surface area contributed by atoms with Crippen LogP contribution in [-0.2, 0) is 11.3 Å². The van der Waals surface area contributed by atoms with E-state index in [2.05, 4.69) is 10.3 Å². The van der Waals surface area contributed by atoms with Gasteiger partial charge in [-0.3, -0.25) is 4.79 Å². The van der Waals surface area contributed by atoms with Gasteiger partial charge in [0.25, 0.3) is 0 Å². The van der Waals surface area contributed by atoms with E-state index >= 15 is 0 Å². The summed E-state index contributed by atoms with van der Waals surface area (Å²) in [4.78, 5) is 17.7. The van der Waals surface area contributed by atoms with Gasteiger partial charge in [0.05, 0.1) is 0 Å². The van der Waals surface area contributed by atoms with Crippen molar-refractivity contribution in [3.8, 4) is 0 Å². The van der Waals surface area contributed by atoms with Crippen LogP contribution in [0.1, 0.15) is 12.0 Å². The first-order valence-electron chi connectivity index (χ1n) is 5.52. The Balaban J connectivity index is 2.54. The lowest BCUT2D eigenvalue weighted by Gasteiger charge is -2.16. The quantitative estimate of drug-likeness (QED) is 0.835. The number of hydrogen-bond acceptors (Lipinski definition) is 4. The highest BCUT2D eigenvalue weighted by atomic mass is 32.2. The van der Waals surface area contributed by atoms with Crippen LogP contribution in [0.25, 0.3) is 0 Å². The molecule has 1 aromatic rings. The summed E-state index contributed by atoms with van der Waals surface area (Å²) in [6.45, 7) is 0.536. The molecule has 5 heteroatoms. The molecule has 0 radical (unpaired) electrons.